The highest BCUT2D eigenvalue weighted by Gasteiger charge is 2.34. The smallest absolute Gasteiger partial charge is 0.378 e. The van der Waals surface area contributed by atoms with E-state index < -0.39 is 64.3 Å². The Hall–Kier alpha value is -5.08. The standard InChI is InChI=1S/C29H19F8N5O2/c1-13(40-22-5-3-15(30)9-20(22)29(35,36)37)17-7-16(31)8-19-18(17)10-24(41(2)26(19)43)14-11-38-25(39-12-14)23-6-4-21(32)27(44)42(23)28(33)34/h3-13,28,40H,1-2H3/t13-/m1/s1. The van der Waals surface area contributed by atoms with Crippen molar-refractivity contribution in [3.8, 4) is 22.8 Å². The molecular formula is C29H19F8N5O2. The summed E-state index contributed by atoms with van der Waals surface area (Å²) in [4.78, 5) is 33.2. The first-order chi connectivity index (χ1) is 20.7. The molecule has 1 N–H and O–H groups in total. The van der Waals surface area contributed by atoms with Crippen LogP contribution in [0.2, 0.25) is 0 Å². The van der Waals surface area contributed by atoms with Crippen LogP contribution in [-0.4, -0.2) is 19.1 Å². The molecule has 5 aromatic rings. The van der Waals surface area contributed by atoms with Gasteiger partial charge in [0.25, 0.3) is 11.1 Å². The highest BCUT2D eigenvalue weighted by atomic mass is 19.4. The van der Waals surface area contributed by atoms with E-state index in [1.807, 2.05) is 0 Å². The molecule has 228 valence electrons. The monoisotopic (exact) mass is 621 g/mol. The number of anilines is 1. The van der Waals surface area contributed by atoms with Crippen LogP contribution in [0.5, 0.6) is 0 Å². The first kappa shape index (κ1) is 30.4. The zero-order chi connectivity index (χ0) is 32.1. The lowest BCUT2D eigenvalue weighted by Gasteiger charge is -2.22. The largest absolute Gasteiger partial charge is 0.418 e. The van der Waals surface area contributed by atoms with E-state index in [4.69, 9.17) is 0 Å². The van der Waals surface area contributed by atoms with Crippen LogP contribution in [0.4, 0.5) is 40.8 Å². The summed E-state index contributed by atoms with van der Waals surface area (Å²) in [5, 5.41) is 2.68. The molecule has 0 bridgehead atoms. The molecule has 15 heteroatoms. The third kappa shape index (κ3) is 5.52. The van der Waals surface area contributed by atoms with Crippen LogP contribution in [0.1, 0.15) is 30.6 Å². The summed E-state index contributed by atoms with van der Waals surface area (Å²) in [6.07, 6.45) is -2.58. The van der Waals surface area contributed by atoms with Crippen molar-refractivity contribution in [2.24, 2.45) is 7.05 Å². The van der Waals surface area contributed by atoms with E-state index in [-0.39, 0.29) is 38.0 Å². The zero-order valence-corrected chi connectivity index (χ0v) is 22.6. The third-order valence-corrected chi connectivity index (χ3v) is 6.92. The van der Waals surface area contributed by atoms with Gasteiger partial charge in [-0.25, -0.2) is 27.7 Å². The number of alkyl halides is 5. The van der Waals surface area contributed by atoms with Crippen LogP contribution < -0.4 is 16.4 Å². The van der Waals surface area contributed by atoms with E-state index in [1.165, 1.54) is 20.0 Å². The Balaban J connectivity index is 1.61. The zero-order valence-electron chi connectivity index (χ0n) is 22.6. The van der Waals surface area contributed by atoms with Crippen molar-refractivity contribution in [1.82, 2.24) is 19.1 Å². The lowest BCUT2D eigenvalue weighted by molar-refractivity contribution is -0.137. The number of nitrogens with one attached hydrogen (secondary N) is 1. The normalized spacial score (nSPS) is 12.6. The average molecular weight is 621 g/mol. The van der Waals surface area contributed by atoms with Crippen LogP contribution in [0, 0.1) is 17.5 Å². The summed E-state index contributed by atoms with van der Waals surface area (Å²) < 4.78 is 111. The van der Waals surface area contributed by atoms with Crippen molar-refractivity contribution in [2.75, 3.05) is 5.32 Å². The van der Waals surface area contributed by atoms with E-state index in [9.17, 15) is 44.7 Å². The SMILES string of the molecule is C[C@@H](Nc1ccc(F)cc1C(F)(F)F)c1cc(F)cc2c(=O)n(C)c(-c3cnc(-c4ccc(F)c(=O)n4C(F)F)nc3)cc12. The number of fused-ring (bicyclic) bond motifs is 1. The Morgan fingerprint density at radius 3 is 2.14 bits per heavy atom. The average Bonchev–Trinajstić information content (AvgIpc) is 2.96. The van der Waals surface area contributed by atoms with Crippen molar-refractivity contribution in [2.45, 2.75) is 25.7 Å². The fourth-order valence-corrected chi connectivity index (χ4v) is 4.82. The maximum absolute atomic E-state index is 14.7. The second-order valence-electron chi connectivity index (χ2n) is 9.72. The van der Waals surface area contributed by atoms with Gasteiger partial charge in [-0.05, 0) is 66.4 Å². The van der Waals surface area contributed by atoms with E-state index in [2.05, 4.69) is 15.3 Å². The summed E-state index contributed by atoms with van der Waals surface area (Å²) >= 11 is 0. The number of rotatable bonds is 6. The maximum atomic E-state index is 14.7. The molecule has 0 saturated carbocycles. The van der Waals surface area contributed by atoms with Gasteiger partial charge in [-0.3, -0.25) is 9.59 Å². The van der Waals surface area contributed by atoms with Crippen molar-refractivity contribution in [3.05, 3.63) is 110 Å². The van der Waals surface area contributed by atoms with Crippen molar-refractivity contribution < 1.29 is 35.1 Å². The fraction of sp³-hybridized carbons (Fsp3) is 0.172. The van der Waals surface area contributed by atoms with Gasteiger partial charge in [0.05, 0.1) is 22.3 Å². The molecule has 3 heterocycles. The Bertz CT molecular complexity index is 2020. The van der Waals surface area contributed by atoms with Gasteiger partial charge in [0.1, 0.15) is 11.6 Å². The molecule has 0 aliphatic heterocycles. The minimum Gasteiger partial charge on any atom is -0.378 e. The number of hydrogen-bond acceptors (Lipinski definition) is 5. The summed E-state index contributed by atoms with van der Waals surface area (Å²) in [5.74, 6) is -3.69. The molecule has 0 fully saturated rings. The first-order valence-corrected chi connectivity index (χ1v) is 12.7. The molecule has 0 radical (unpaired) electrons. The Kier molecular flexibility index (Phi) is 7.74. The molecule has 5 rings (SSSR count). The Morgan fingerprint density at radius 2 is 1.50 bits per heavy atom. The van der Waals surface area contributed by atoms with Crippen LogP contribution >= 0.6 is 0 Å². The molecule has 2 aromatic carbocycles. The second-order valence-corrected chi connectivity index (χ2v) is 9.72. The molecule has 7 nitrogen and oxygen atoms in total. The highest BCUT2D eigenvalue weighted by molar-refractivity contribution is 5.89. The van der Waals surface area contributed by atoms with Crippen molar-refractivity contribution in [3.63, 3.8) is 0 Å². The molecule has 44 heavy (non-hydrogen) atoms. The molecule has 1 atom stereocenters. The maximum Gasteiger partial charge on any atom is 0.418 e. The molecule has 0 amide bonds. The third-order valence-electron chi connectivity index (χ3n) is 6.92. The second kappa shape index (κ2) is 11.2. The number of aromatic nitrogens is 4. The summed E-state index contributed by atoms with van der Waals surface area (Å²) in [5.41, 5.74) is -4.04. The van der Waals surface area contributed by atoms with Crippen LogP contribution in [0.25, 0.3) is 33.5 Å². The van der Waals surface area contributed by atoms with E-state index in [1.54, 1.807) is 0 Å². The quantitative estimate of drug-likeness (QED) is 0.210. The van der Waals surface area contributed by atoms with Crippen LogP contribution in [0.3, 0.4) is 0 Å². The van der Waals surface area contributed by atoms with Gasteiger partial charge < -0.3 is 9.88 Å². The van der Waals surface area contributed by atoms with Gasteiger partial charge in [0.15, 0.2) is 11.6 Å². The topological polar surface area (TPSA) is 81.8 Å². The lowest BCUT2D eigenvalue weighted by Crippen LogP contribution is -2.25. The van der Waals surface area contributed by atoms with Crippen molar-refractivity contribution >= 4 is 16.5 Å². The fourth-order valence-electron chi connectivity index (χ4n) is 4.82. The minimum atomic E-state index is -4.90. The lowest BCUT2D eigenvalue weighted by atomic mass is 9.98. The van der Waals surface area contributed by atoms with E-state index >= 15 is 0 Å². The summed E-state index contributed by atoms with van der Waals surface area (Å²) in [7, 11) is 1.36. The van der Waals surface area contributed by atoms with Crippen LogP contribution in [0.15, 0.2) is 70.5 Å². The van der Waals surface area contributed by atoms with Gasteiger partial charge in [-0.1, -0.05) is 0 Å². The van der Waals surface area contributed by atoms with E-state index in [0.717, 1.165) is 47.3 Å². The predicted molar refractivity (Wildman–Crippen MR) is 145 cm³/mol. The molecule has 0 unspecified atom stereocenters. The Morgan fingerprint density at radius 1 is 0.818 bits per heavy atom. The molecule has 0 spiro atoms. The summed E-state index contributed by atoms with van der Waals surface area (Å²) in [6, 6.07) is 6.08. The number of halogens is 8. The molecule has 3 aromatic heterocycles. The summed E-state index contributed by atoms with van der Waals surface area (Å²) in [6.45, 7) is -1.97. The molecule has 0 aliphatic carbocycles. The van der Waals surface area contributed by atoms with E-state index in [0.29, 0.717) is 12.1 Å². The van der Waals surface area contributed by atoms with Gasteiger partial charge >= 0.3 is 12.7 Å². The predicted octanol–water partition coefficient (Wildman–Crippen LogP) is 6.83. The number of pyridine rings is 2. The number of hydrogen-bond donors (Lipinski definition) is 1. The molecular weight excluding hydrogens is 602 g/mol. The number of benzene rings is 2. The van der Waals surface area contributed by atoms with Gasteiger partial charge in [-0.15, -0.1) is 0 Å². The molecule has 0 aliphatic rings. The number of nitrogens with zero attached hydrogens (tertiary/aromatic N) is 4. The van der Waals surface area contributed by atoms with Crippen molar-refractivity contribution in [1.29, 1.82) is 0 Å². The van der Waals surface area contributed by atoms with Crippen LogP contribution in [-0.2, 0) is 13.2 Å². The van der Waals surface area contributed by atoms with Gasteiger partial charge in [-0.2, -0.15) is 22.0 Å². The molecule has 0 saturated heterocycles. The highest BCUT2D eigenvalue weighted by Crippen LogP contribution is 2.38. The Labute approximate surface area is 242 Å². The van der Waals surface area contributed by atoms with Gasteiger partial charge in [0.2, 0.25) is 0 Å². The first-order valence-electron chi connectivity index (χ1n) is 12.7. The van der Waals surface area contributed by atoms with Gasteiger partial charge in [0, 0.05) is 36.7 Å². The minimum absolute atomic E-state index is 0.0974.